The lowest BCUT2D eigenvalue weighted by atomic mass is 10.1. The van der Waals surface area contributed by atoms with E-state index in [4.69, 9.17) is 0 Å². The van der Waals surface area contributed by atoms with Gasteiger partial charge in [0.15, 0.2) is 0 Å². The maximum Gasteiger partial charge on any atom is 0.104 e. The molecule has 0 aliphatic carbocycles. The van der Waals surface area contributed by atoms with Gasteiger partial charge in [0.25, 0.3) is 0 Å². The van der Waals surface area contributed by atoms with Crippen molar-refractivity contribution in [3.05, 3.63) is 35.4 Å². The van der Waals surface area contributed by atoms with E-state index in [2.05, 4.69) is 66.6 Å². The van der Waals surface area contributed by atoms with Crippen molar-refractivity contribution < 1.29 is 8.97 Å². The maximum absolute atomic E-state index is 2.26. The highest BCUT2D eigenvalue weighted by Gasteiger charge is 2.10. The van der Waals surface area contributed by atoms with Gasteiger partial charge in [0.05, 0.1) is 42.3 Å². The number of hydrogen-bond acceptors (Lipinski definition) is 0. The molecule has 2 nitrogen and oxygen atoms in total. The van der Waals surface area contributed by atoms with E-state index < -0.39 is 0 Å². The molecule has 0 aromatic heterocycles. The van der Waals surface area contributed by atoms with E-state index in [9.17, 15) is 0 Å². The van der Waals surface area contributed by atoms with Crippen LogP contribution in [0.3, 0.4) is 0 Å². The fourth-order valence-corrected chi connectivity index (χ4v) is 1.85. The molecule has 1 aromatic rings. The molecular formula is C14H26N2+2. The minimum atomic E-state index is 0.981. The summed E-state index contributed by atoms with van der Waals surface area (Å²) in [6.07, 6.45) is 0. The first-order valence-corrected chi connectivity index (χ1v) is 5.84. The average molecular weight is 222 g/mol. The smallest absolute Gasteiger partial charge is 0.104 e. The Balaban J connectivity index is 2.69. The lowest BCUT2D eigenvalue weighted by Crippen LogP contribution is -2.34. The number of benzene rings is 1. The number of rotatable bonds is 4. The van der Waals surface area contributed by atoms with Crippen molar-refractivity contribution in [3.63, 3.8) is 0 Å². The number of nitrogens with zero attached hydrogens (tertiary/aromatic N) is 2. The van der Waals surface area contributed by atoms with E-state index in [-0.39, 0.29) is 0 Å². The zero-order valence-corrected chi connectivity index (χ0v) is 11.6. The van der Waals surface area contributed by atoms with Gasteiger partial charge in [-0.3, -0.25) is 0 Å². The normalized spacial score (nSPS) is 12.9. The molecule has 1 aromatic carbocycles. The summed E-state index contributed by atoms with van der Waals surface area (Å²) >= 11 is 0. The summed E-state index contributed by atoms with van der Waals surface area (Å²) in [6.45, 7) is 2.18. The van der Waals surface area contributed by atoms with Crippen LogP contribution in [0.25, 0.3) is 0 Å². The van der Waals surface area contributed by atoms with Crippen molar-refractivity contribution in [1.82, 2.24) is 0 Å². The van der Waals surface area contributed by atoms with E-state index in [1.165, 1.54) is 11.1 Å². The molecule has 2 heteroatoms. The van der Waals surface area contributed by atoms with Gasteiger partial charge in [-0.15, -0.1) is 0 Å². The molecule has 0 saturated heterocycles. The van der Waals surface area contributed by atoms with Crippen LogP contribution in [0.1, 0.15) is 11.1 Å². The first kappa shape index (κ1) is 13.2. The first-order valence-electron chi connectivity index (χ1n) is 5.84. The minimum absolute atomic E-state index is 0.981. The van der Waals surface area contributed by atoms with E-state index in [1.54, 1.807) is 0 Å². The maximum atomic E-state index is 2.26. The predicted molar refractivity (Wildman–Crippen MR) is 69.9 cm³/mol. The third kappa shape index (κ3) is 5.29. The van der Waals surface area contributed by atoms with Gasteiger partial charge in [0, 0.05) is 11.1 Å². The first-order chi connectivity index (χ1) is 7.16. The monoisotopic (exact) mass is 222 g/mol. The summed E-state index contributed by atoms with van der Waals surface area (Å²) < 4.78 is 1.96. The van der Waals surface area contributed by atoms with Crippen LogP contribution in [0.5, 0.6) is 0 Å². The van der Waals surface area contributed by atoms with Crippen LogP contribution in [0, 0.1) is 0 Å². The Bertz CT molecular complexity index is 290. The number of quaternary nitrogens is 2. The van der Waals surface area contributed by atoms with Crippen molar-refractivity contribution in [2.75, 3.05) is 42.3 Å². The van der Waals surface area contributed by atoms with Crippen molar-refractivity contribution in [2.24, 2.45) is 0 Å². The molecule has 0 heterocycles. The molecule has 0 aliphatic rings. The highest BCUT2D eigenvalue weighted by atomic mass is 15.3. The van der Waals surface area contributed by atoms with Crippen molar-refractivity contribution >= 4 is 0 Å². The number of hydrogen-bond donors (Lipinski definition) is 0. The van der Waals surface area contributed by atoms with Gasteiger partial charge in [-0.05, 0) is 0 Å². The molecule has 0 atom stereocenters. The quantitative estimate of drug-likeness (QED) is 0.684. The molecule has 0 radical (unpaired) electrons. The largest absolute Gasteiger partial charge is 0.327 e. The second-order valence-electron chi connectivity index (χ2n) is 6.71. The van der Waals surface area contributed by atoms with Crippen LogP contribution in [0.15, 0.2) is 24.3 Å². The summed E-state index contributed by atoms with van der Waals surface area (Å²) in [6, 6.07) is 9.03. The lowest BCUT2D eigenvalue weighted by Gasteiger charge is -2.25. The molecule has 0 bridgehead atoms. The van der Waals surface area contributed by atoms with Crippen LogP contribution < -0.4 is 0 Å². The van der Waals surface area contributed by atoms with E-state index in [0.717, 1.165) is 22.1 Å². The molecule has 1 rings (SSSR count). The summed E-state index contributed by atoms with van der Waals surface area (Å²) in [5.41, 5.74) is 2.83. The molecule has 0 spiro atoms. The molecule has 0 fully saturated rings. The minimum Gasteiger partial charge on any atom is -0.327 e. The Morgan fingerprint density at radius 1 is 0.625 bits per heavy atom. The summed E-state index contributed by atoms with van der Waals surface area (Å²) in [7, 11) is 13.3. The zero-order valence-electron chi connectivity index (χ0n) is 11.6. The second kappa shape index (κ2) is 4.56. The summed E-state index contributed by atoms with van der Waals surface area (Å²) in [5.74, 6) is 0. The Labute approximate surface area is 100 Å². The molecule has 16 heavy (non-hydrogen) atoms. The van der Waals surface area contributed by atoms with Gasteiger partial charge in [-0.1, -0.05) is 24.3 Å². The van der Waals surface area contributed by atoms with E-state index >= 15 is 0 Å². The molecular weight excluding hydrogens is 196 g/mol. The van der Waals surface area contributed by atoms with Gasteiger partial charge in [0.2, 0.25) is 0 Å². The standard InChI is InChI=1S/C14H26N2/c1-15(2,3)11-13-7-9-14(10-8-13)12-16(4,5)6/h7-10H,11-12H2,1-6H3/q+2. The third-order valence-corrected chi connectivity index (χ3v) is 2.34. The fraction of sp³-hybridized carbons (Fsp3) is 0.571. The van der Waals surface area contributed by atoms with Gasteiger partial charge in [0.1, 0.15) is 13.1 Å². The highest BCUT2D eigenvalue weighted by molar-refractivity contribution is 5.21. The topological polar surface area (TPSA) is 0 Å². The van der Waals surface area contributed by atoms with Crippen LogP contribution in [-0.4, -0.2) is 51.3 Å². The molecule has 90 valence electrons. The molecule has 0 unspecified atom stereocenters. The molecule has 0 amide bonds. The molecule has 0 saturated carbocycles. The van der Waals surface area contributed by atoms with Crippen molar-refractivity contribution in [2.45, 2.75) is 13.1 Å². The summed E-state index contributed by atoms with van der Waals surface area (Å²) in [4.78, 5) is 0. The van der Waals surface area contributed by atoms with Crippen LogP contribution in [-0.2, 0) is 13.1 Å². The van der Waals surface area contributed by atoms with E-state index in [1.807, 2.05) is 0 Å². The Kier molecular flexibility index (Phi) is 3.76. The Morgan fingerprint density at radius 2 is 0.875 bits per heavy atom. The lowest BCUT2D eigenvalue weighted by molar-refractivity contribution is -0.884. The Hall–Kier alpha value is -0.860. The van der Waals surface area contributed by atoms with Gasteiger partial charge >= 0.3 is 0 Å². The highest BCUT2D eigenvalue weighted by Crippen LogP contribution is 2.11. The van der Waals surface area contributed by atoms with Crippen LogP contribution in [0.4, 0.5) is 0 Å². The summed E-state index contributed by atoms with van der Waals surface area (Å²) in [5, 5.41) is 0. The zero-order chi connectivity index (χ0) is 12.4. The van der Waals surface area contributed by atoms with Crippen LogP contribution in [0.2, 0.25) is 0 Å². The average Bonchev–Trinajstić information content (AvgIpc) is 2.03. The van der Waals surface area contributed by atoms with Crippen molar-refractivity contribution in [1.29, 1.82) is 0 Å². The fourth-order valence-electron chi connectivity index (χ4n) is 1.85. The van der Waals surface area contributed by atoms with Gasteiger partial charge in [-0.25, -0.2) is 0 Å². The predicted octanol–water partition coefficient (Wildman–Crippen LogP) is 2.10. The molecule has 0 N–H and O–H groups in total. The van der Waals surface area contributed by atoms with Gasteiger partial charge in [-0.2, -0.15) is 0 Å². The van der Waals surface area contributed by atoms with Crippen molar-refractivity contribution in [3.8, 4) is 0 Å². The third-order valence-electron chi connectivity index (χ3n) is 2.34. The van der Waals surface area contributed by atoms with Gasteiger partial charge < -0.3 is 8.97 Å². The second-order valence-corrected chi connectivity index (χ2v) is 6.71. The van der Waals surface area contributed by atoms with E-state index in [0.29, 0.717) is 0 Å². The Morgan fingerprint density at radius 3 is 1.06 bits per heavy atom. The van der Waals surface area contributed by atoms with Crippen LogP contribution >= 0.6 is 0 Å². The SMILES string of the molecule is C[N+](C)(C)Cc1ccc(C[N+](C)(C)C)cc1. The molecule has 0 aliphatic heterocycles.